The predicted molar refractivity (Wildman–Crippen MR) is 162 cm³/mol. The van der Waals surface area contributed by atoms with E-state index < -0.39 is 11.4 Å². The monoisotopic (exact) mass is 571 g/mol. The van der Waals surface area contributed by atoms with Crippen molar-refractivity contribution in [2.24, 2.45) is 11.8 Å². The number of nitriles is 1. The second-order valence-electron chi connectivity index (χ2n) is 12.8. The van der Waals surface area contributed by atoms with Crippen LogP contribution in [0.5, 0.6) is 5.75 Å². The Bertz CT molecular complexity index is 1440. The Morgan fingerprint density at radius 1 is 1.17 bits per heavy atom. The highest BCUT2D eigenvalue weighted by atomic mass is 35.5. The maximum Gasteiger partial charge on any atom is 0.126 e. The number of rotatable bonds is 7. The molecule has 1 heterocycles. The number of halogens is 2. The number of nitrogens with one attached hydrogen (secondary N) is 1. The van der Waals surface area contributed by atoms with Crippen molar-refractivity contribution in [3.8, 4) is 11.8 Å². The molecule has 0 radical (unpaired) electrons. The van der Waals surface area contributed by atoms with Gasteiger partial charge in [0.15, 0.2) is 0 Å². The van der Waals surface area contributed by atoms with Gasteiger partial charge in [-0.1, -0.05) is 49.7 Å². The van der Waals surface area contributed by atoms with E-state index in [4.69, 9.17) is 16.3 Å². The zero-order valence-corrected chi connectivity index (χ0v) is 24.8. The third-order valence-electron chi connectivity index (χ3n) is 10.0. The standard InChI is InChI=1S/C35H39ClFN3O/c1-23(21-41-32-10-15-39-31-9-5-6-24(2)33(31)32)16-26-17-25-7-3-4-8-30(25)35(26)13-11-34(22-38,12-14-35)40-29-19-27(36)18-28(37)20-29/h3-4,7-8,10,15,18-20,23-24,26,40H,5-6,9,11-14,16-17,21H2,1-2H3/t23-,24-,26+,34?,35?/m1/s1. The molecular weight excluding hydrogens is 533 g/mol. The van der Waals surface area contributed by atoms with Crippen LogP contribution in [0.4, 0.5) is 10.1 Å². The quantitative estimate of drug-likeness (QED) is 0.308. The summed E-state index contributed by atoms with van der Waals surface area (Å²) in [5.74, 6) is 1.99. The number of aryl methyl sites for hydroxylation is 1. The molecule has 2 aromatic carbocycles. The third-order valence-corrected chi connectivity index (χ3v) is 10.3. The van der Waals surface area contributed by atoms with Gasteiger partial charge in [0.1, 0.15) is 17.1 Å². The van der Waals surface area contributed by atoms with Crippen LogP contribution in [0.1, 0.15) is 87.1 Å². The Kier molecular flexibility index (Phi) is 7.72. The third kappa shape index (κ3) is 5.44. The molecule has 3 atom stereocenters. The summed E-state index contributed by atoms with van der Waals surface area (Å²) in [5.41, 5.74) is 5.27. The Balaban J connectivity index is 1.18. The largest absolute Gasteiger partial charge is 0.493 e. The minimum Gasteiger partial charge on any atom is -0.493 e. The van der Waals surface area contributed by atoms with Gasteiger partial charge in [0.2, 0.25) is 0 Å². The maximum atomic E-state index is 14.0. The zero-order valence-electron chi connectivity index (χ0n) is 24.1. The van der Waals surface area contributed by atoms with E-state index in [1.807, 2.05) is 12.3 Å². The number of hydrogen-bond donors (Lipinski definition) is 1. The fourth-order valence-corrected chi connectivity index (χ4v) is 8.22. The molecule has 0 saturated heterocycles. The molecule has 3 aliphatic rings. The van der Waals surface area contributed by atoms with Gasteiger partial charge in [0.05, 0.1) is 12.7 Å². The summed E-state index contributed by atoms with van der Waals surface area (Å²) in [6.07, 6.45) is 10.7. The number of nitrogens with zero attached hydrogens (tertiary/aromatic N) is 2. The summed E-state index contributed by atoms with van der Waals surface area (Å²) in [7, 11) is 0. The fraction of sp³-hybridized carbons (Fsp3) is 0.486. The molecule has 214 valence electrons. The van der Waals surface area contributed by atoms with Crippen molar-refractivity contribution < 1.29 is 9.13 Å². The summed E-state index contributed by atoms with van der Waals surface area (Å²) >= 11 is 6.11. The van der Waals surface area contributed by atoms with Gasteiger partial charge in [-0.15, -0.1) is 0 Å². The highest BCUT2D eigenvalue weighted by molar-refractivity contribution is 6.30. The average molecular weight is 572 g/mol. The van der Waals surface area contributed by atoms with Crippen LogP contribution < -0.4 is 10.1 Å². The minimum absolute atomic E-state index is 0.0385. The SMILES string of the molecule is C[C@@H](COc1ccnc2c1[C@H](C)CCC2)C[C@H]1Cc2ccccc2C12CCC(C#N)(Nc1cc(F)cc(Cl)c1)CC2. The second-order valence-corrected chi connectivity index (χ2v) is 13.2. The van der Waals surface area contributed by atoms with Crippen molar-refractivity contribution in [2.75, 3.05) is 11.9 Å². The summed E-state index contributed by atoms with van der Waals surface area (Å²) < 4.78 is 20.5. The van der Waals surface area contributed by atoms with Gasteiger partial charge in [-0.2, -0.15) is 5.26 Å². The molecule has 3 aromatic rings. The molecule has 1 N–H and O–H groups in total. The van der Waals surface area contributed by atoms with Crippen LogP contribution in [0.15, 0.2) is 54.7 Å². The number of ether oxygens (including phenoxy) is 1. The first-order valence-corrected chi connectivity index (χ1v) is 15.5. The molecule has 1 fully saturated rings. The number of benzene rings is 2. The Labute approximate surface area is 248 Å². The van der Waals surface area contributed by atoms with Crippen LogP contribution >= 0.6 is 11.6 Å². The Morgan fingerprint density at radius 2 is 1.98 bits per heavy atom. The molecule has 41 heavy (non-hydrogen) atoms. The van der Waals surface area contributed by atoms with E-state index >= 15 is 0 Å². The van der Waals surface area contributed by atoms with Crippen LogP contribution in [-0.4, -0.2) is 17.1 Å². The molecule has 0 unspecified atom stereocenters. The van der Waals surface area contributed by atoms with Crippen LogP contribution in [0.2, 0.25) is 5.02 Å². The van der Waals surface area contributed by atoms with E-state index in [0.717, 1.165) is 37.9 Å². The maximum absolute atomic E-state index is 14.0. The van der Waals surface area contributed by atoms with Crippen LogP contribution in [0, 0.1) is 29.0 Å². The highest BCUT2D eigenvalue weighted by Gasteiger charge is 2.52. The van der Waals surface area contributed by atoms with E-state index in [2.05, 4.69) is 54.5 Å². The molecule has 0 aliphatic heterocycles. The Morgan fingerprint density at radius 3 is 2.76 bits per heavy atom. The van der Waals surface area contributed by atoms with Crippen molar-refractivity contribution in [3.63, 3.8) is 0 Å². The molecule has 1 aromatic heterocycles. The molecule has 4 nitrogen and oxygen atoms in total. The summed E-state index contributed by atoms with van der Waals surface area (Å²) in [6, 6.07) is 17.9. The molecule has 6 rings (SSSR count). The summed E-state index contributed by atoms with van der Waals surface area (Å²) in [5, 5.41) is 14.0. The van der Waals surface area contributed by atoms with Gasteiger partial charge >= 0.3 is 0 Å². The first-order valence-electron chi connectivity index (χ1n) is 15.2. The molecule has 6 heteroatoms. The van der Waals surface area contributed by atoms with E-state index in [1.165, 1.54) is 47.4 Å². The lowest BCUT2D eigenvalue weighted by atomic mass is 9.60. The fourth-order valence-electron chi connectivity index (χ4n) is 8.00. The topological polar surface area (TPSA) is 57.9 Å². The van der Waals surface area contributed by atoms with Crippen LogP contribution in [-0.2, 0) is 18.3 Å². The zero-order chi connectivity index (χ0) is 28.6. The smallest absolute Gasteiger partial charge is 0.126 e. The van der Waals surface area contributed by atoms with Crippen LogP contribution in [0.3, 0.4) is 0 Å². The minimum atomic E-state index is -0.740. The molecule has 0 amide bonds. The molecule has 3 aliphatic carbocycles. The number of fused-ring (bicyclic) bond motifs is 3. The normalized spacial score (nSPS) is 27.5. The number of hydrogen-bond acceptors (Lipinski definition) is 4. The lowest BCUT2D eigenvalue weighted by molar-refractivity contribution is 0.143. The van der Waals surface area contributed by atoms with Gasteiger partial charge in [-0.05, 0) is 116 Å². The summed E-state index contributed by atoms with van der Waals surface area (Å²) in [6.45, 7) is 5.29. The van der Waals surface area contributed by atoms with E-state index in [-0.39, 0.29) is 5.41 Å². The lowest BCUT2D eigenvalue weighted by Gasteiger charge is -2.46. The van der Waals surface area contributed by atoms with Gasteiger partial charge in [-0.3, -0.25) is 4.98 Å². The average Bonchev–Trinajstić information content (AvgIpc) is 3.25. The predicted octanol–water partition coefficient (Wildman–Crippen LogP) is 8.78. The molecule has 1 spiro atoms. The number of aromatic nitrogens is 1. The van der Waals surface area contributed by atoms with Crippen LogP contribution in [0.25, 0.3) is 0 Å². The number of anilines is 1. The van der Waals surface area contributed by atoms with Crippen molar-refractivity contribution in [3.05, 3.63) is 88.0 Å². The lowest BCUT2D eigenvalue weighted by Crippen LogP contribution is -2.47. The van der Waals surface area contributed by atoms with E-state index in [0.29, 0.717) is 47.9 Å². The van der Waals surface area contributed by atoms with Crippen molar-refractivity contribution >= 4 is 17.3 Å². The van der Waals surface area contributed by atoms with E-state index in [9.17, 15) is 9.65 Å². The first kappa shape index (κ1) is 28.0. The number of pyridine rings is 1. The molecule has 1 saturated carbocycles. The second kappa shape index (κ2) is 11.3. The van der Waals surface area contributed by atoms with Crippen molar-refractivity contribution in [2.45, 2.75) is 88.5 Å². The summed E-state index contributed by atoms with van der Waals surface area (Å²) in [4.78, 5) is 4.64. The van der Waals surface area contributed by atoms with Gasteiger partial charge in [0, 0.05) is 28.2 Å². The van der Waals surface area contributed by atoms with Gasteiger partial charge < -0.3 is 10.1 Å². The first-order chi connectivity index (χ1) is 19.8. The highest BCUT2D eigenvalue weighted by Crippen LogP contribution is 2.56. The van der Waals surface area contributed by atoms with Gasteiger partial charge in [0.25, 0.3) is 0 Å². The Hall–Kier alpha value is -3.10. The molecular formula is C35H39ClFN3O. The van der Waals surface area contributed by atoms with Crippen molar-refractivity contribution in [1.29, 1.82) is 5.26 Å². The van der Waals surface area contributed by atoms with E-state index in [1.54, 1.807) is 6.07 Å². The van der Waals surface area contributed by atoms with Crippen molar-refractivity contribution in [1.82, 2.24) is 4.98 Å². The van der Waals surface area contributed by atoms with Gasteiger partial charge in [-0.25, -0.2) is 4.39 Å². The molecule has 0 bridgehead atoms.